The van der Waals surface area contributed by atoms with E-state index in [4.69, 9.17) is 10.5 Å². The summed E-state index contributed by atoms with van der Waals surface area (Å²) < 4.78 is 5.55. The van der Waals surface area contributed by atoms with Gasteiger partial charge in [-0.3, -0.25) is 24.0 Å². The van der Waals surface area contributed by atoms with Crippen molar-refractivity contribution in [3.8, 4) is 0 Å². The smallest absolute Gasteiger partial charge is 0.312 e. The molecule has 0 aliphatic carbocycles. The maximum atomic E-state index is 13.4. The largest absolute Gasteiger partial charge is 0.392 e. The Morgan fingerprint density at radius 2 is 1.47 bits per heavy atom. The highest BCUT2D eigenvalue weighted by Crippen LogP contribution is 2.29. The number of benzene rings is 3. The predicted molar refractivity (Wildman–Crippen MR) is 217 cm³/mol. The van der Waals surface area contributed by atoms with E-state index >= 15 is 0 Å². The quantitative estimate of drug-likeness (QED) is 0.0842. The maximum Gasteiger partial charge on any atom is 0.312 e. The molecule has 1 heterocycles. The normalized spacial score (nSPS) is 13.4. The molecule has 304 valence electrons. The minimum absolute atomic E-state index is 0.000546. The van der Waals surface area contributed by atoms with E-state index in [9.17, 15) is 33.9 Å². The van der Waals surface area contributed by atoms with Crippen molar-refractivity contribution in [3.05, 3.63) is 95.1 Å². The molecule has 3 aromatic carbocycles. The van der Waals surface area contributed by atoms with Crippen molar-refractivity contribution >= 4 is 59.1 Å². The molecule has 0 saturated heterocycles. The van der Waals surface area contributed by atoms with Crippen molar-refractivity contribution in [2.24, 2.45) is 11.7 Å². The molecule has 3 aromatic rings. The third kappa shape index (κ3) is 14.2. The fraction of sp³-hybridized carbons (Fsp3) is 0.381. The number of nitrogens with one attached hydrogen (secondary N) is 5. The van der Waals surface area contributed by atoms with Gasteiger partial charge in [-0.25, -0.2) is 4.79 Å². The van der Waals surface area contributed by atoms with E-state index in [2.05, 4.69) is 26.6 Å². The van der Waals surface area contributed by atoms with Crippen LogP contribution in [-0.4, -0.2) is 79.1 Å². The number of amides is 7. The number of fused-ring (bicyclic) bond motifs is 2. The average molecular weight is 784 g/mol. The second kappa shape index (κ2) is 22.5. The van der Waals surface area contributed by atoms with Crippen molar-refractivity contribution in [1.29, 1.82) is 0 Å². The van der Waals surface area contributed by atoms with Crippen molar-refractivity contribution < 1.29 is 38.6 Å². The lowest BCUT2D eigenvalue weighted by molar-refractivity contribution is -0.132. The summed E-state index contributed by atoms with van der Waals surface area (Å²) in [5.74, 6) is -2.29. The summed E-state index contributed by atoms with van der Waals surface area (Å²) in [6.07, 6.45) is 4.51. The van der Waals surface area contributed by atoms with Crippen molar-refractivity contribution in [2.75, 3.05) is 36.5 Å². The number of anilines is 2. The second-order valence-electron chi connectivity index (χ2n) is 13.9. The van der Waals surface area contributed by atoms with E-state index in [-0.39, 0.29) is 76.3 Å². The van der Waals surface area contributed by atoms with Gasteiger partial charge in [-0.1, -0.05) is 80.6 Å². The summed E-state index contributed by atoms with van der Waals surface area (Å²) in [7, 11) is 0. The Kier molecular flexibility index (Phi) is 17.2. The van der Waals surface area contributed by atoms with Gasteiger partial charge in [0, 0.05) is 38.0 Å². The van der Waals surface area contributed by atoms with Gasteiger partial charge in [-0.05, 0) is 59.2 Å². The maximum absolute atomic E-state index is 13.4. The first-order chi connectivity index (χ1) is 27.4. The monoisotopic (exact) mass is 783 g/mol. The number of carbonyl (C=O) groups excluding carboxylic acids is 6. The number of aliphatic hydroxyl groups is 1. The van der Waals surface area contributed by atoms with Gasteiger partial charge in [0.1, 0.15) is 12.1 Å². The number of rotatable bonds is 20. The van der Waals surface area contributed by atoms with Gasteiger partial charge < -0.3 is 47.1 Å². The average Bonchev–Trinajstić information content (AvgIpc) is 3.19. The van der Waals surface area contributed by atoms with Gasteiger partial charge >= 0.3 is 6.03 Å². The highest BCUT2D eigenvalue weighted by atomic mass is 16.5. The van der Waals surface area contributed by atoms with Crippen LogP contribution in [0.25, 0.3) is 12.2 Å². The van der Waals surface area contributed by atoms with Crippen LogP contribution in [0.1, 0.15) is 68.2 Å². The lowest BCUT2D eigenvalue weighted by Crippen LogP contribution is -2.54. The molecule has 15 nitrogen and oxygen atoms in total. The van der Waals surface area contributed by atoms with Crippen LogP contribution >= 0.6 is 0 Å². The number of aliphatic hydroxyl groups excluding tert-OH is 1. The first kappa shape index (κ1) is 43.7. The Balaban J connectivity index is 1.19. The van der Waals surface area contributed by atoms with Crippen LogP contribution in [0, 0.1) is 5.92 Å². The minimum atomic E-state index is -0.995. The van der Waals surface area contributed by atoms with E-state index < -0.39 is 35.8 Å². The summed E-state index contributed by atoms with van der Waals surface area (Å²) in [6, 6.07) is 19.5. The molecule has 8 N–H and O–H groups in total. The van der Waals surface area contributed by atoms with Gasteiger partial charge in [0.05, 0.1) is 32.1 Å². The molecule has 0 aromatic heterocycles. The van der Waals surface area contributed by atoms with Gasteiger partial charge in [0.25, 0.3) is 0 Å². The van der Waals surface area contributed by atoms with Crippen LogP contribution in [0.3, 0.4) is 0 Å². The van der Waals surface area contributed by atoms with Crippen molar-refractivity contribution in [3.63, 3.8) is 0 Å². The Morgan fingerprint density at radius 3 is 2.19 bits per heavy atom. The summed E-state index contributed by atoms with van der Waals surface area (Å²) >= 11 is 0. The molecule has 2 atom stereocenters. The van der Waals surface area contributed by atoms with Crippen LogP contribution in [0.2, 0.25) is 0 Å². The Hall–Kier alpha value is -6.06. The third-order valence-corrected chi connectivity index (χ3v) is 9.23. The standard InChI is InChI=1S/C42H53N7O8/c1-28(2)39(41(55)47-34(11-7-22-45-42(43)56)40(54)46-33-17-13-29(27-50)14-18-33)48-37(52)21-24-57-25-23-44-36(51)19-20-38(53)49-26-32-10-4-3-8-30(32)15-16-31-9-5-6-12-35(31)49/h3-6,8-10,12-18,28,34,39,50H,7,11,19-27H2,1-2H3,(H,44,51)(H,46,54)(H,47,55)(H,48,52)(H3,43,45,56)/b16-15-/t34-,39-/m0/s1. The molecular formula is C42H53N7O8. The van der Waals surface area contributed by atoms with Crippen molar-refractivity contribution in [2.45, 2.75) is 71.2 Å². The molecule has 0 fully saturated rings. The molecule has 1 aliphatic heterocycles. The van der Waals surface area contributed by atoms with Gasteiger partial charge in [0.2, 0.25) is 29.5 Å². The zero-order chi connectivity index (χ0) is 41.2. The minimum Gasteiger partial charge on any atom is -0.392 e. The van der Waals surface area contributed by atoms with E-state index in [0.29, 0.717) is 24.2 Å². The Labute approximate surface area is 332 Å². The lowest BCUT2D eigenvalue weighted by Gasteiger charge is -2.27. The number of ether oxygens (including phenoxy) is 1. The molecular weight excluding hydrogens is 731 g/mol. The molecule has 1 aliphatic rings. The molecule has 57 heavy (non-hydrogen) atoms. The fourth-order valence-electron chi connectivity index (χ4n) is 6.10. The highest BCUT2D eigenvalue weighted by Gasteiger charge is 2.29. The van der Waals surface area contributed by atoms with E-state index in [1.807, 2.05) is 60.7 Å². The zero-order valence-corrected chi connectivity index (χ0v) is 32.4. The molecule has 4 rings (SSSR count). The third-order valence-electron chi connectivity index (χ3n) is 9.23. The molecule has 15 heteroatoms. The first-order valence-corrected chi connectivity index (χ1v) is 19.1. The number of urea groups is 1. The summed E-state index contributed by atoms with van der Waals surface area (Å²) in [5.41, 5.74) is 10.0. The zero-order valence-electron chi connectivity index (χ0n) is 32.4. The van der Waals surface area contributed by atoms with Gasteiger partial charge in [-0.15, -0.1) is 0 Å². The number of primary amides is 1. The first-order valence-electron chi connectivity index (χ1n) is 19.1. The number of nitrogens with two attached hydrogens (primary N) is 1. The van der Waals surface area contributed by atoms with Crippen LogP contribution in [0.15, 0.2) is 72.8 Å². The number of hydrogen-bond acceptors (Lipinski definition) is 8. The molecule has 7 amide bonds. The van der Waals surface area contributed by atoms with Crippen LogP contribution in [-0.2, 0) is 41.9 Å². The molecule has 0 spiro atoms. The van der Waals surface area contributed by atoms with Gasteiger partial charge in [0.15, 0.2) is 0 Å². The van der Waals surface area contributed by atoms with E-state index in [1.54, 1.807) is 43.0 Å². The fourth-order valence-corrected chi connectivity index (χ4v) is 6.10. The van der Waals surface area contributed by atoms with Crippen LogP contribution < -0.4 is 37.2 Å². The molecule has 0 unspecified atom stereocenters. The highest BCUT2D eigenvalue weighted by molar-refractivity contribution is 5.99. The number of para-hydroxylation sites is 1. The summed E-state index contributed by atoms with van der Waals surface area (Å²) in [5, 5.41) is 22.7. The number of nitrogens with zero attached hydrogens (tertiary/aromatic N) is 1. The predicted octanol–water partition coefficient (Wildman–Crippen LogP) is 3.21. The lowest BCUT2D eigenvalue weighted by atomic mass is 10.0. The Bertz CT molecular complexity index is 1880. The van der Waals surface area contributed by atoms with Gasteiger partial charge in [-0.2, -0.15) is 0 Å². The molecule has 0 radical (unpaired) electrons. The van der Waals surface area contributed by atoms with E-state index in [0.717, 1.165) is 22.4 Å². The summed E-state index contributed by atoms with van der Waals surface area (Å²) in [4.78, 5) is 78.3. The Morgan fingerprint density at radius 1 is 0.772 bits per heavy atom. The van der Waals surface area contributed by atoms with Crippen LogP contribution in [0.5, 0.6) is 0 Å². The van der Waals surface area contributed by atoms with Crippen molar-refractivity contribution in [1.82, 2.24) is 21.3 Å². The SMILES string of the molecule is CC(C)[C@H](NC(=O)CCOCCNC(=O)CCC(=O)N1Cc2ccccc2/C=C\c2ccccc21)C(=O)N[C@@H](CCCNC(N)=O)C(=O)Nc1ccc(CO)cc1. The second-order valence-corrected chi connectivity index (χ2v) is 13.9. The van der Waals surface area contributed by atoms with Crippen LogP contribution in [0.4, 0.5) is 16.2 Å². The molecule has 0 bridgehead atoms. The summed E-state index contributed by atoms with van der Waals surface area (Å²) in [6.45, 7) is 4.29. The van der Waals surface area contributed by atoms with E-state index in [1.165, 1.54) is 0 Å². The number of carbonyl (C=O) groups is 6. The topological polar surface area (TPSA) is 221 Å². The number of hydrogen-bond donors (Lipinski definition) is 7. The molecule has 0 saturated carbocycles.